The minimum Gasteiger partial charge on any atom is -0.458 e. The molecule has 216 valence electrons. The Morgan fingerprint density at radius 3 is 2.54 bits per heavy atom. The number of unbranched alkanes of at least 4 members (excludes halogenated alkanes) is 1. The normalized spacial score (nSPS) is 41.5. The van der Waals surface area contributed by atoms with Gasteiger partial charge >= 0.3 is 11.9 Å². The molecule has 9 heteroatoms. The fourth-order valence-corrected chi connectivity index (χ4v) is 8.22. The van der Waals surface area contributed by atoms with Crippen molar-refractivity contribution >= 4 is 23.5 Å². The van der Waals surface area contributed by atoms with Crippen LogP contribution in [0.2, 0.25) is 0 Å². The van der Waals surface area contributed by atoms with Crippen molar-refractivity contribution in [3.05, 3.63) is 23.8 Å². The van der Waals surface area contributed by atoms with Gasteiger partial charge < -0.3 is 14.6 Å². The van der Waals surface area contributed by atoms with Crippen LogP contribution in [0.5, 0.6) is 0 Å². The summed E-state index contributed by atoms with van der Waals surface area (Å²) in [5, 5.41) is 9.89. The highest BCUT2D eigenvalue weighted by Gasteiger charge is 2.74. The molecule has 0 spiro atoms. The van der Waals surface area contributed by atoms with E-state index in [-0.39, 0.29) is 36.5 Å². The van der Waals surface area contributed by atoms with Gasteiger partial charge in [-0.1, -0.05) is 33.3 Å². The summed E-state index contributed by atoms with van der Waals surface area (Å²) in [5.74, 6) is -4.36. The van der Waals surface area contributed by atoms with E-state index in [4.69, 9.17) is 9.47 Å². The maximum Gasteiger partial charge on any atom is 0.335 e. The minimum atomic E-state index is -2.28. The van der Waals surface area contributed by atoms with E-state index in [0.29, 0.717) is 12.8 Å². The first-order valence-electron chi connectivity index (χ1n) is 14.1. The van der Waals surface area contributed by atoms with Crippen molar-refractivity contribution in [2.45, 2.75) is 97.2 Å². The number of ether oxygens (including phenoxy) is 2. The highest BCUT2D eigenvalue weighted by Crippen LogP contribution is 2.70. The van der Waals surface area contributed by atoms with E-state index in [2.05, 4.69) is 0 Å². The van der Waals surface area contributed by atoms with Crippen LogP contribution in [0.15, 0.2) is 23.8 Å². The second kappa shape index (κ2) is 10.5. The Labute approximate surface area is 228 Å². The number of carbonyl (C=O) groups excluding carboxylic acids is 4. The predicted molar refractivity (Wildman–Crippen MR) is 138 cm³/mol. The molecule has 10 atom stereocenters. The van der Waals surface area contributed by atoms with E-state index in [1.807, 2.05) is 20.8 Å². The first-order chi connectivity index (χ1) is 18.2. The molecule has 0 heterocycles. The maximum absolute atomic E-state index is 17.9. The van der Waals surface area contributed by atoms with Crippen molar-refractivity contribution in [3.8, 4) is 0 Å². The van der Waals surface area contributed by atoms with E-state index >= 15 is 8.78 Å². The molecule has 39 heavy (non-hydrogen) atoms. The molecule has 0 aromatic heterocycles. The molecule has 4 aliphatic rings. The van der Waals surface area contributed by atoms with E-state index in [0.717, 1.165) is 12.5 Å². The zero-order chi connectivity index (χ0) is 28.9. The van der Waals surface area contributed by atoms with E-state index in [1.54, 1.807) is 0 Å². The lowest BCUT2D eigenvalue weighted by molar-refractivity contribution is -0.222. The van der Waals surface area contributed by atoms with Gasteiger partial charge in [-0.15, -0.1) is 0 Å². The summed E-state index contributed by atoms with van der Waals surface area (Å²) in [7, 11) is 0. The van der Waals surface area contributed by atoms with Gasteiger partial charge in [-0.2, -0.15) is 0 Å². The summed E-state index contributed by atoms with van der Waals surface area (Å²) in [6, 6.07) is 0. The first kappa shape index (κ1) is 29.6. The molecule has 7 nitrogen and oxygen atoms in total. The number of aliphatic hydroxyl groups excluding tert-OH is 1. The number of hydrogen-bond acceptors (Lipinski definition) is 7. The van der Waals surface area contributed by atoms with Gasteiger partial charge in [0.1, 0.15) is 25.0 Å². The summed E-state index contributed by atoms with van der Waals surface area (Å²) >= 11 is 0. The van der Waals surface area contributed by atoms with Crippen LogP contribution >= 0.6 is 0 Å². The topological polar surface area (TPSA) is 107 Å². The van der Waals surface area contributed by atoms with E-state index < -0.39 is 77.0 Å². The Bertz CT molecular complexity index is 1100. The molecular formula is C30H40F2O7. The molecule has 0 radical (unpaired) electrons. The number of Topliss-reactive ketones (excluding diaryl/α,β-unsaturated/α-hetero) is 1. The number of hydrogen-bond donors (Lipinski definition) is 1. The number of aliphatic hydroxyl groups is 1. The smallest absolute Gasteiger partial charge is 0.335 e. The largest absolute Gasteiger partial charge is 0.458 e. The average molecular weight is 551 g/mol. The zero-order valence-corrected chi connectivity index (χ0v) is 23.4. The van der Waals surface area contributed by atoms with Crippen molar-refractivity contribution < 1.29 is 42.5 Å². The first-order valence-corrected chi connectivity index (χ1v) is 14.1. The van der Waals surface area contributed by atoms with Gasteiger partial charge in [0.15, 0.2) is 17.2 Å². The Kier molecular flexibility index (Phi) is 7.98. The molecule has 0 amide bonds. The van der Waals surface area contributed by atoms with Gasteiger partial charge in [0, 0.05) is 23.7 Å². The summed E-state index contributed by atoms with van der Waals surface area (Å²) in [6.07, 6.45) is 1.13. The number of halogens is 2. The van der Waals surface area contributed by atoms with Gasteiger partial charge in [-0.25, -0.2) is 13.6 Å². The third-order valence-corrected chi connectivity index (χ3v) is 10.0. The van der Waals surface area contributed by atoms with Crippen LogP contribution in [0.4, 0.5) is 8.78 Å². The molecule has 0 aromatic rings. The van der Waals surface area contributed by atoms with Crippen LogP contribution in [-0.4, -0.2) is 59.3 Å². The quantitative estimate of drug-likeness (QED) is 0.447. The zero-order valence-electron chi connectivity index (χ0n) is 23.4. The van der Waals surface area contributed by atoms with Crippen LogP contribution in [0.3, 0.4) is 0 Å². The number of rotatable bonds is 8. The maximum atomic E-state index is 17.9. The molecular weight excluding hydrogens is 510 g/mol. The van der Waals surface area contributed by atoms with E-state index in [9.17, 15) is 24.3 Å². The monoisotopic (exact) mass is 550 g/mol. The lowest BCUT2D eigenvalue weighted by Crippen LogP contribution is -2.69. The number of esters is 2. The van der Waals surface area contributed by atoms with Gasteiger partial charge in [0.2, 0.25) is 0 Å². The number of allylic oxidation sites excluding steroid dienone is 4. The lowest BCUT2D eigenvalue weighted by Gasteiger charge is -2.62. The van der Waals surface area contributed by atoms with Crippen molar-refractivity contribution in [1.82, 2.24) is 0 Å². The number of ketones is 2. The molecule has 4 rings (SSSR count). The summed E-state index contributed by atoms with van der Waals surface area (Å²) in [4.78, 5) is 50.4. The number of carbonyl (C=O) groups is 4. The summed E-state index contributed by atoms with van der Waals surface area (Å²) in [6.45, 7) is 8.05. The molecule has 0 saturated heterocycles. The van der Waals surface area contributed by atoms with Crippen LogP contribution in [0.25, 0.3) is 0 Å². The highest BCUT2D eigenvalue weighted by molar-refractivity contribution is 6.01. The minimum absolute atomic E-state index is 0.0214. The number of fused-ring (bicyclic) bond motifs is 5. The van der Waals surface area contributed by atoms with Crippen molar-refractivity contribution in [2.75, 3.05) is 6.61 Å². The van der Waals surface area contributed by atoms with Crippen LogP contribution in [-0.2, 0) is 28.7 Å². The van der Waals surface area contributed by atoms with Crippen LogP contribution in [0.1, 0.15) is 73.1 Å². The third-order valence-electron chi connectivity index (χ3n) is 10.0. The fourth-order valence-electron chi connectivity index (χ4n) is 8.22. The molecule has 3 saturated carbocycles. The second-order valence-electron chi connectivity index (χ2n) is 12.5. The molecule has 4 aliphatic carbocycles. The van der Waals surface area contributed by atoms with Gasteiger partial charge in [0.05, 0.1) is 0 Å². The molecule has 3 fully saturated rings. The third kappa shape index (κ3) is 4.68. The molecule has 0 aromatic carbocycles. The Morgan fingerprint density at radius 1 is 1.21 bits per heavy atom. The Morgan fingerprint density at radius 2 is 1.90 bits per heavy atom. The fraction of sp³-hybridized carbons (Fsp3) is 0.733. The highest BCUT2D eigenvalue weighted by atomic mass is 19.1. The Hall–Kier alpha value is -2.42. The van der Waals surface area contributed by atoms with Gasteiger partial charge in [-0.3, -0.25) is 14.4 Å². The van der Waals surface area contributed by atoms with Gasteiger partial charge in [-0.05, 0) is 74.5 Å². The second-order valence-corrected chi connectivity index (χ2v) is 12.5. The van der Waals surface area contributed by atoms with Crippen molar-refractivity contribution in [2.24, 2.45) is 34.5 Å². The van der Waals surface area contributed by atoms with Crippen molar-refractivity contribution in [1.29, 1.82) is 0 Å². The lowest BCUT2D eigenvalue weighted by atomic mass is 9.44. The summed E-state index contributed by atoms with van der Waals surface area (Å²) in [5.41, 5.74) is -4.69. The SMILES string of the molecule is CCCCC(=O)OCC(=O)[C@H]1[C@H](C)C[C@H]2[C@@H]3C[C@H](F)C4=CC(=O)C=C[C@]4(C)[C@@]3(F)[C@@H](OC(=O)C(C)O)C[C@@]21C. The molecule has 1 unspecified atom stereocenters. The predicted octanol–water partition coefficient (Wildman–Crippen LogP) is 4.40. The molecule has 1 N–H and O–H groups in total. The summed E-state index contributed by atoms with van der Waals surface area (Å²) < 4.78 is 44.5. The molecule has 0 aliphatic heterocycles. The Balaban J connectivity index is 1.73. The van der Waals surface area contributed by atoms with Crippen LogP contribution < -0.4 is 0 Å². The molecule has 0 bridgehead atoms. The van der Waals surface area contributed by atoms with Gasteiger partial charge in [0.25, 0.3) is 0 Å². The van der Waals surface area contributed by atoms with Crippen molar-refractivity contribution in [3.63, 3.8) is 0 Å². The number of alkyl halides is 2. The van der Waals surface area contributed by atoms with E-state index in [1.165, 1.54) is 26.0 Å². The standard InChI is InChI=1S/C30H40F2O7/c1-6-7-8-25(36)38-15-23(35)26-16(2)11-19-20-13-22(31)21-12-18(34)9-10-29(21,5)30(20,32)24(14-28(19,26)4)39-27(37)17(3)33/h9-10,12,16-17,19-20,22,24,26,33H,6-8,11,13-15H2,1-5H3/t16-,17?,19+,20+,22+,24+,26-,28+,29+,30+/m1/s1. The average Bonchev–Trinajstić information content (AvgIpc) is 3.13. The van der Waals surface area contributed by atoms with Crippen LogP contribution in [0, 0.1) is 34.5 Å².